The van der Waals surface area contributed by atoms with E-state index in [9.17, 15) is 14.0 Å². The van der Waals surface area contributed by atoms with Gasteiger partial charge in [-0.25, -0.2) is 13.9 Å². The van der Waals surface area contributed by atoms with Crippen molar-refractivity contribution in [1.82, 2.24) is 24.0 Å². The van der Waals surface area contributed by atoms with Crippen molar-refractivity contribution in [2.45, 2.75) is 6.54 Å². The van der Waals surface area contributed by atoms with Crippen LogP contribution in [0, 0.1) is 5.82 Å². The largest absolute Gasteiger partial charge is 0.350 e. The van der Waals surface area contributed by atoms with Gasteiger partial charge in [0.15, 0.2) is 5.65 Å². The van der Waals surface area contributed by atoms with Gasteiger partial charge >= 0.3 is 5.69 Å². The second-order valence-electron chi connectivity index (χ2n) is 6.58. The molecule has 7 nitrogen and oxygen atoms in total. The number of hydrogen-bond donors (Lipinski definition) is 0. The fourth-order valence-corrected chi connectivity index (χ4v) is 3.30. The summed E-state index contributed by atoms with van der Waals surface area (Å²) in [6, 6.07) is 11.1. The summed E-state index contributed by atoms with van der Waals surface area (Å²) in [5, 5.41) is 4.33. The van der Waals surface area contributed by atoms with Crippen LogP contribution in [0.25, 0.3) is 5.65 Å². The van der Waals surface area contributed by atoms with E-state index in [-0.39, 0.29) is 17.4 Å². The molecule has 2 aromatic heterocycles. The van der Waals surface area contributed by atoms with Gasteiger partial charge in [-0.05, 0) is 36.4 Å². The fraction of sp³-hybridized carbons (Fsp3) is 0.316. The Morgan fingerprint density at radius 3 is 2.44 bits per heavy atom. The summed E-state index contributed by atoms with van der Waals surface area (Å²) in [5.41, 5.74) is 0.994. The maximum atomic E-state index is 13.0. The zero-order chi connectivity index (χ0) is 18.8. The number of fused-ring (bicyclic) bond motifs is 1. The average molecular weight is 369 g/mol. The smallest absolute Gasteiger partial charge is 0.336 e. The van der Waals surface area contributed by atoms with E-state index in [4.69, 9.17) is 0 Å². The lowest BCUT2D eigenvalue weighted by Gasteiger charge is -2.34. The monoisotopic (exact) mass is 369 g/mol. The van der Waals surface area contributed by atoms with Gasteiger partial charge < -0.3 is 4.90 Å². The van der Waals surface area contributed by atoms with Gasteiger partial charge in [0.05, 0.1) is 6.54 Å². The fourth-order valence-electron chi connectivity index (χ4n) is 3.30. The molecule has 0 unspecified atom stereocenters. The molecule has 0 aliphatic carbocycles. The van der Waals surface area contributed by atoms with Crippen molar-refractivity contribution >= 4 is 11.6 Å². The molecule has 1 aliphatic heterocycles. The first-order chi connectivity index (χ1) is 13.1. The van der Waals surface area contributed by atoms with Gasteiger partial charge in [-0.15, -0.1) is 5.10 Å². The molecule has 3 aromatic rings. The highest BCUT2D eigenvalue weighted by Gasteiger charge is 2.22. The summed E-state index contributed by atoms with van der Waals surface area (Å²) in [4.78, 5) is 28.7. The summed E-state index contributed by atoms with van der Waals surface area (Å²) in [6.45, 7) is 3.88. The minimum atomic E-state index is -0.349. The molecule has 0 atom stereocenters. The van der Waals surface area contributed by atoms with Crippen LogP contribution in [-0.2, 0) is 6.54 Å². The Kier molecular flexibility index (Phi) is 4.72. The van der Waals surface area contributed by atoms with E-state index in [0.717, 1.165) is 13.1 Å². The number of rotatable bonds is 4. The Labute approximate surface area is 155 Å². The van der Waals surface area contributed by atoms with Crippen LogP contribution in [0.5, 0.6) is 0 Å². The molecular formula is C19H20FN5O2. The first-order valence-corrected chi connectivity index (χ1v) is 8.93. The van der Waals surface area contributed by atoms with Crippen LogP contribution in [0.15, 0.2) is 53.5 Å². The van der Waals surface area contributed by atoms with Crippen LogP contribution in [-0.4, -0.2) is 62.6 Å². The van der Waals surface area contributed by atoms with Gasteiger partial charge in [-0.3, -0.25) is 14.1 Å². The van der Waals surface area contributed by atoms with E-state index in [2.05, 4.69) is 10.00 Å². The molecule has 1 amide bonds. The summed E-state index contributed by atoms with van der Waals surface area (Å²) in [7, 11) is 0. The molecule has 8 heteroatoms. The topological polar surface area (TPSA) is 62.9 Å². The number of pyridine rings is 1. The minimum Gasteiger partial charge on any atom is -0.336 e. The summed E-state index contributed by atoms with van der Waals surface area (Å²) >= 11 is 0. The lowest BCUT2D eigenvalue weighted by molar-refractivity contribution is 0.0631. The van der Waals surface area contributed by atoms with Crippen molar-refractivity contribution in [3.63, 3.8) is 0 Å². The van der Waals surface area contributed by atoms with Gasteiger partial charge in [0, 0.05) is 44.5 Å². The molecule has 3 heterocycles. The van der Waals surface area contributed by atoms with Gasteiger partial charge in [-0.1, -0.05) is 6.07 Å². The van der Waals surface area contributed by atoms with Crippen molar-refractivity contribution in [3.8, 4) is 0 Å². The van der Waals surface area contributed by atoms with Gasteiger partial charge in [-0.2, -0.15) is 0 Å². The SMILES string of the molecule is O=C(c1ccc(F)cc1)N1CCN(CCn2nc3ccccn3c2=O)CC1. The van der Waals surface area contributed by atoms with Crippen LogP contribution in [0.4, 0.5) is 4.39 Å². The van der Waals surface area contributed by atoms with Gasteiger partial charge in [0.1, 0.15) is 5.82 Å². The third kappa shape index (κ3) is 3.61. The summed E-state index contributed by atoms with van der Waals surface area (Å²) in [6.07, 6.45) is 1.71. The molecule has 0 saturated carbocycles. The lowest BCUT2D eigenvalue weighted by atomic mass is 10.2. The molecule has 4 rings (SSSR count). The molecule has 140 valence electrons. The number of hydrogen-bond acceptors (Lipinski definition) is 4. The van der Waals surface area contributed by atoms with Crippen molar-refractivity contribution in [1.29, 1.82) is 0 Å². The van der Waals surface area contributed by atoms with Crippen LogP contribution < -0.4 is 5.69 Å². The van der Waals surface area contributed by atoms with Crippen LogP contribution in [0.3, 0.4) is 0 Å². The first-order valence-electron chi connectivity index (χ1n) is 8.93. The van der Waals surface area contributed by atoms with Crippen molar-refractivity contribution in [2.24, 2.45) is 0 Å². The second-order valence-corrected chi connectivity index (χ2v) is 6.58. The molecule has 0 bridgehead atoms. The number of carbonyl (C=O) groups is 1. The number of benzene rings is 1. The summed E-state index contributed by atoms with van der Waals surface area (Å²) in [5.74, 6) is -0.426. The molecule has 1 saturated heterocycles. The second kappa shape index (κ2) is 7.32. The summed E-state index contributed by atoms with van der Waals surface area (Å²) < 4.78 is 16.0. The Balaban J connectivity index is 1.33. The molecule has 0 N–H and O–H groups in total. The Bertz CT molecular complexity index is 1000. The zero-order valence-corrected chi connectivity index (χ0v) is 14.8. The molecule has 1 fully saturated rings. The normalized spacial score (nSPS) is 15.4. The number of halogens is 1. The third-order valence-corrected chi connectivity index (χ3v) is 4.87. The van der Waals surface area contributed by atoms with Gasteiger partial charge in [0.2, 0.25) is 0 Å². The van der Waals surface area contributed by atoms with E-state index < -0.39 is 0 Å². The number of amides is 1. The van der Waals surface area contributed by atoms with E-state index in [1.165, 1.54) is 33.3 Å². The van der Waals surface area contributed by atoms with E-state index in [1.807, 2.05) is 6.07 Å². The molecule has 27 heavy (non-hydrogen) atoms. The zero-order valence-electron chi connectivity index (χ0n) is 14.8. The minimum absolute atomic E-state index is 0.0776. The van der Waals surface area contributed by atoms with E-state index >= 15 is 0 Å². The molecule has 0 spiro atoms. The predicted molar refractivity (Wildman–Crippen MR) is 98.2 cm³/mol. The number of aromatic nitrogens is 3. The Hall–Kier alpha value is -3.00. The molecule has 1 aliphatic rings. The molecule has 0 radical (unpaired) electrons. The molecule has 1 aromatic carbocycles. The lowest BCUT2D eigenvalue weighted by Crippen LogP contribution is -2.49. The average Bonchev–Trinajstić information content (AvgIpc) is 3.03. The van der Waals surface area contributed by atoms with Crippen LogP contribution in [0.2, 0.25) is 0 Å². The third-order valence-electron chi connectivity index (χ3n) is 4.87. The van der Waals surface area contributed by atoms with Crippen molar-refractivity contribution < 1.29 is 9.18 Å². The standard InChI is InChI=1S/C19H20FN5O2/c20-16-6-4-15(5-7-16)18(26)23-12-9-22(10-13-23)11-14-25-19(27)24-8-2-1-3-17(24)21-25/h1-8H,9-14H2. The maximum Gasteiger partial charge on any atom is 0.350 e. The number of carbonyl (C=O) groups excluding carboxylic acids is 1. The maximum absolute atomic E-state index is 13.0. The highest BCUT2D eigenvalue weighted by atomic mass is 19.1. The van der Waals surface area contributed by atoms with Crippen LogP contribution >= 0.6 is 0 Å². The van der Waals surface area contributed by atoms with Crippen molar-refractivity contribution in [2.75, 3.05) is 32.7 Å². The number of nitrogens with zero attached hydrogens (tertiary/aromatic N) is 5. The van der Waals surface area contributed by atoms with Crippen LogP contribution in [0.1, 0.15) is 10.4 Å². The predicted octanol–water partition coefficient (Wildman–Crippen LogP) is 1.09. The van der Waals surface area contributed by atoms with E-state index in [1.54, 1.807) is 23.2 Å². The first kappa shape index (κ1) is 17.4. The van der Waals surface area contributed by atoms with Crippen molar-refractivity contribution in [3.05, 3.63) is 70.5 Å². The quantitative estimate of drug-likeness (QED) is 0.691. The molecular weight excluding hydrogens is 349 g/mol. The Morgan fingerprint density at radius 2 is 1.74 bits per heavy atom. The van der Waals surface area contributed by atoms with Gasteiger partial charge in [0.25, 0.3) is 5.91 Å². The Morgan fingerprint density at radius 1 is 1.00 bits per heavy atom. The highest BCUT2D eigenvalue weighted by Crippen LogP contribution is 2.10. The van der Waals surface area contributed by atoms with E-state index in [0.29, 0.717) is 37.4 Å². The number of piperazine rings is 1. The highest BCUT2D eigenvalue weighted by molar-refractivity contribution is 5.94.